The lowest BCUT2D eigenvalue weighted by Crippen LogP contribution is -2.14. The maximum absolute atomic E-state index is 7.27. The van der Waals surface area contributed by atoms with Gasteiger partial charge in [-0.05, 0) is 19.4 Å². The number of nitrogens with zero attached hydrogens (tertiary/aromatic N) is 1. The van der Waals surface area contributed by atoms with Gasteiger partial charge in [-0.2, -0.15) is 0 Å². The molecule has 0 aromatic rings. The molecule has 0 aliphatic rings. The van der Waals surface area contributed by atoms with Gasteiger partial charge in [0.15, 0.2) is 0 Å². The van der Waals surface area contributed by atoms with Gasteiger partial charge in [-0.3, -0.25) is 0 Å². The number of nitrogens with one attached hydrogen (secondary N) is 1. The molecule has 0 spiro atoms. The highest BCUT2D eigenvalue weighted by Crippen LogP contribution is 2.08. The molecule has 0 fully saturated rings. The molecule has 0 aliphatic carbocycles. The number of aliphatic imine (C=N–C) groups is 1. The van der Waals surface area contributed by atoms with E-state index in [0.717, 1.165) is 19.5 Å². The Morgan fingerprint density at radius 3 is 2.28 bits per heavy atom. The second-order valence-corrected chi connectivity index (χ2v) is 4.71. The number of unbranched alkanes of at least 4 members (excludes halogenated alkanes) is 7. The third-order valence-corrected chi connectivity index (χ3v) is 3.06. The highest BCUT2D eigenvalue weighted by Gasteiger charge is 1.93. The zero-order valence-electron chi connectivity index (χ0n) is 12.7. The first-order valence-corrected chi connectivity index (χ1v) is 7.58. The summed E-state index contributed by atoms with van der Waals surface area (Å²) in [4.78, 5) is 4.07. The van der Waals surface area contributed by atoms with Crippen LogP contribution in [0.3, 0.4) is 0 Å². The molecule has 108 valence electrons. The minimum Gasteiger partial charge on any atom is -0.469 e. The monoisotopic (exact) mass is 277 g/mol. The van der Waals surface area contributed by atoms with Crippen LogP contribution in [0.5, 0.6) is 0 Å². The largest absolute Gasteiger partial charge is 0.469 e. The third kappa shape index (κ3) is 13.7. The molecule has 4 nitrogen and oxygen atoms in total. The van der Waals surface area contributed by atoms with Crippen LogP contribution in [0.4, 0.5) is 0 Å². The molecule has 0 saturated heterocycles. The summed E-state index contributed by atoms with van der Waals surface area (Å²) in [6.45, 7) is 1.73. The highest BCUT2D eigenvalue weighted by atomic mass is 31.0. The van der Waals surface area contributed by atoms with Gasteiger partial charge in [0.05, 0.1) is 7.11 Å². The Kier molecular flexibility index (Phi) is 12.9. The summed E-state index contributed by atoms with van der Waals surface area (Å²) in [5.74, 6) is 0. The maximum atomic E-state index is 7.27. The van der Waals surface area contributed by atoms with E-state index in [1.807, 2.05) is 0 Å². The van der Waals surface area contributed by atoms with Crippen molar-refractivity contribution < 1.29 is 6.11 Å². The molecule has 0 aliphatic heterocycles. The van der Waals surface area contributed by atoms with Crippen molar-refractivity contribution in [2.45, 2.75) is 51.4 Å². The Hall–Kier alpha value is -0.340. The van der Waals surface area contributed by atoms with E-state index in [4.69, 9.17) is 11.8 Å². The van der Waals surface area contributed by atoms with Crippen molar-refractivity contribution in [1.82, 2.24) is 5.32 Å². The SMILES string of the molecule is [3H]C(P)NCCCCCCCCCCN=C(N)OC. The van der Waals surface area contributed by atoms with Gasteiger partial charge in [0.1, 0.15) is 0 Å². The summed E-state index contributed by atoms with van der Waals surface area (Å²) in [5.41, 5.74) is 5.42. The van der Waals surface area contributed by atoms with Crippen LogP contribution in [-0.2, 0) is 4.74 Å². The molecular weight excluding hydrogens is 245 g/mol. The Labute approximate surface area is 116 Å². The van der Waals surface area contributed by atoms with Crippen LogP contribution in [0, 0.1) is 0 Å². The summed E-state index contributed by atoms with van der Waals surface area (Å²) < 4.78 is 12.0. The summed E-state index contributed by atoms with van der Waals surface area (Å²) >= 11 is 0. The topological polar surface area (TPSA) is 59.6 Å². The van der Waals surface area contributed by atoms with E-state index in [0.29, 0.717) is 0 Å². The van der Waals surface area contributed by atoms with Crippen LogP contribution < -0.4 is 11.1 Å². The lowest BCUT2D eigenvalue weighted by atomic mass is 10.1. The average Bonchev–Trinajstić information content (AvgIpc) is 2.39. The number of methoxy groups -OCH3 is 1. The van der Waals surface area contributed by atoms with Crippen LogP contribution in [0.2, 0.25) is 0 Å². The fourth-order valence-electron chi connectivity index (χ4n) is 1.74. The van der Waals surface area contributed by atoms with Crippen molar-refractivity contribution >= 4 is 15.3 Å². The van der Waals surface area contributed by atoms with Crippen molar-refractivity contribution in [3.63, 3.8) is 0 Å². The Morgan fingerprint density at radius 1 is 1.17 bits per heavy atom. The molecule has 0 aromatic heterocycles. The van der Waals surface area contributed by atoms with Crippen molar-refractivity contribution in [3.8, 4) is 0 Å². The van der Waals surface area contributed by atoms with E-state index in [-0.39, 0.29) is 12.3 Å². The van der Waals surface area contributed by atoms with Gasteiger partial charge in [-0.15, -0.1) is 9.24 Å². The van der Waals surface area contributed by atoms with Crippen LogP contribution in [0.15, 0.2) is 4.99 Å². The molecule has 0 amide bonds. The van der Waals surface area contributed by atoms with Crippen molar-refractivity contribution in [1.29, 1.82) is 0 Å². The molecule has 0 bridgehead atoms. The van der Waals surface area contributed by atoms with Crippen LogP contribution in [0.25, 0.3) is 0 Å². The summed E-state index contributed by atoms with van der Waals surface area (Å²) in [6.07, 6.45) is 9.74. The minimum atomic E-state index is -0.213. The number of ether oxygens (including phenoxy) is 1. The minimum absolute atomic E-state index is 0.213. The molecule has 0 aromatic carbocycles. The molecule has 5 heteroatoms. The number of amidine groups is 1. The molecule has 18 heavy (non-hydrogen) atoms. The number of rotatable bonds is 12. The fourth-order valence-corrected chi connectivity index (χ4v) is 1.90. The van der Waals surface area contributed by atoms with Crippen LogP contribution in [-0.4, -0.2) is 32.5 Å². The van der Waals surface area contributed by atoms with E-state index in [2.05, 4.69) is 19.5 Å². The van der Waals surface area contributed by atoms with Gasteiger partial charge < -0.3 is 15.8 Å². The normalized spacial score (nSPS) is 14.3. The molecular formula is C13H30N3OP. The molecule has 0 heterocycles. The standard InChI is InChI=1S/C13H30N3OP/c1-17-13(14)16-11-9-7-5-3-2-4-6-8-10-15-12-18/h15H,2-12,18H2,1H3,(H2,14,16)/i12T. The van der Waals surface area contributed by atoms with Gasteiger partial charge in [-0.25, -0.2) is 4.99 Å². The number of hydrogen-bond acceptors (Lipinski definition) is 3. The van der Waals surface area contributed by atoms with Gasteiger partial charge >= 0.3 is 0 Å². The summed E-state index contributed by atoms with van der Waals surface area (Å²) in [5, 5.41) is 3.08. The van der Waals surface area contributed by atoms with E-state index >= 15 is 0 Å². The van der Waals surface area contributed by atoms with E-state index in [1.165, 1.54) is 52.1 Å². The Bertz CT molecular complexity index is 228. The van der Waals surface area contributed by atoms with Crippen molar-refractivity contribution in [2.75, 3.05) is 26.5 Å². The fraction of sp³-hybridized carbons (Fsp3) is 0.923. The van der Waals surface area contributed by atoms with E-state index in [1.54, 1.807) is 0 Å². The lowest BCUT2D eigenvalue weighted by Gasteiger charge is -2.02. The summed E-state index contributed by atoms with van der Waals surface area (Å²) in [6, 6.07) is 0.286. The van der Waals surface area contributed by atoms with Crippen LogP contribution >= 0.6 is 9.24 Å². The smallest absolute Gasteiger partial charge is 0.281 e. The van der Waals surface area contributed by atoms with Crippen molar-refractivity contribution in [3.05, 3.63) is 0 Å². The first-order chi connectivity index (χ1) is 9.16. The lowest BCUT2D eigenvalue weighted by molar-refractivity contribution is 0.393. The summed E-state index contributed by atoms with van der Waals surface area (Å²) in [7, 11) is 3.97. The molecule has 2 unspecified atom stereocenters. The highest BCUT2D eigenvalue weighted by molar-refractivity contribution is 7.16. The Balaban J connectivity index is 3.07. The van der Waals surface area contributed by atoms with Crippen molar-refractivity contribution in [2.24, 2.45) is 10.7 Å². The van der Waals surface area contributed by atoms with Gasteiger partial charge in [0.2, 0.25) is 0 Å². The number of hydrogen-bond donors (Lipinski definition) is 2. The van der Waals surface area contributed by atoms with Gasteiger partial charge in [0, 0.05) is 14.2 Å². The second kappa shape index (κ2) is 14.7. The average molecular weight is 277 g/mol. The predicted molar refractivity (Wildman–Crippen MR) is 83.0 cm³/mol. The first-order valence-electron chi connectivity index (χ1n) is 7.49. The zero-order chi connectivity index (χ0) is 14.3. The molecule has 0 rings (SSSR count). The Morgan fingerprint density at radius 2 is 1.72 bits per heavy atom. The van der Waals surface area contributed by atoms with Gasteiger partial charge in [-0.1, -0.05) is 38.5 Å². The van der Waals surface area contributed by atoms with E-state index in [9.17, 15) is 0 Å². The van der Waals surface area contributed by atoms with Gasteiger partial charge in [0.25, 0.3) is 6.02 Å². The van der Waals surface area contributed by atoms with Crippen LogP contribution in [0.1, 0.15) is 52.7 Å². The molecule has 0 saturated carbocycles. The zero-order valence-corrected chi connectivity index (χ0v) is 12.8. The molecule has 0 radical (unpaired) electrons. The quantitative estimate of drug-likeness (QED) is 0.249. The third-order valence-electron chi connectivity index (χ3n) is 2.82. The number of nitrogens with two attached hydrogens (primary N) is 1. The molecule has 2 atom stereocenters. The predicted octanol–water partition coefficient (Wildman–Crippen LogP) is 2.49. The maximum Gasteiger partial charge on any atom is 0.281 e. The first kappa shape index (κ1) is 15.7. The van der Waals surface area contributed by atoms with E-state index < -0.39 is 0 Å². The molecule has 3 N–H and O–H groups in total. The second-order valence-electron chi connectivity index (χ2n) is 4.37.